The minimum absolute atomic E-state index is 1.06. The van der Waals surface area contributed by atoms with E-state index in [2.05, 4.69) is 110 Å². The molecule has 0 spiro atoms. The van der Waals surface area contributed by atoms with Crippen LogP contribution in [0.5, 0.6) is 0 Å². The molecule has 0 unspecified atom stereocenters. The van der Waals surface area contributed by atoms with Crippen LogP contribution < -0.4 is 0 Å². The molecule has 40 heavy (non-hydrogen) atoms. The number of benzene rings is 3. The van der Waals surface area contributed by atoms with Crippen LogP contribution in [0.25, 0.3) is 21.5 Å². The van der Waals surface area contributed by atoms with Crippen molar-refractivity contribution in [3.8, 4) is 23.7 Å². The molecule has 0 saturated heterocycles. The molecule has 5 rings (SSSR count). The van der Waals surface area contributed by atoms with Crippen LogP contribution in [-0.4, -0.2) is 0 Å². The van der Waals surface area contributed by atoms with Gasteiger partial charge in [-0.15, -0.1) is 22.7 Å². The summed E-state index contributed by atoms with van der Waals surface area (Å²) in [7, 11) is 0. The molecule has 0 aliphatic heterocycles. The molecule has 0 fully saturated rings. The molecule has 0 amide bonds. The second-order valence-corrected chi connectivity index (χ2v) is 13.0. The summed E-state index contributed by atoms with van der Waals surface area (Å²) >= 11 is 3.68. The van der Waals surface area contributed by atoms with Gasteiger partial charge in [-0.2, -0.15) is 0 Å². The summed E-state index contributed by atoms with van der Waals surface area (Å²) in [6.45, 7) is 4.52. The van der Waals surface area contributed by atoms with Gasteiger partial charge >= 0.3 is 0 Å². The summed E-state index contributed by atoms with van der Waals surface area (Å²) in [6, 6.07) is 26.5. The molecule has 2 heterocycles. The van der Waals surface area contributed by atoms with Crippen LogP contribution in [-0.2, 0) is 12.8 Å². The molecule has 0 nitrogen and oxygen atoms in total. The SMILES string of the molecule is CCCCCCc1ccc(C#Cc2ccc3cc4cc(C#Cc5ccc(CCCCCC)s5)ccc4cc3c2)s1. The summed E-state index contributed by atoms with van der Waals surface area (Å²) in [5.74, 6) is 13.6. The van der Waals surface area contributed by atoms with E-state index in [1.807, 2.05) is 22.7 Å². The van der Waals surface area contributed by atoms with Gasteiger partial charge < -0.3 is 0 Å². The first kappa shape index (κ1) is 28.2. The van der Waals surface area contributed by atoms with E-state index in [4.69, 9.17) is 0 Å². The molecule has 0 radical (unpaired) electrons. The number of unbranched alkanes of at least 4 members (excludes halogenated alkanes) is 6. The van der Waals surface area contributed by atoms with Crippen molar-refractivity contribution in [2.24, 2.45) is 0 Å². The molecule has 0 bridgehead atoms. The summed E-state index contributed by atoms with van der Waals surface area (Å²) in [5.41, 5.74) is 2.13. The Labute approximate surface area is 248 Å². The monoisotopic (exact) mass is 558 g/mol. The minimum atomic E-state index is 1.06. The Morgan fingerprint density at radius 3 is 1.38 bits per heavy atom. The zero-order valence-corrected chi connectivity index (χ0v) is 25.4. The molecule has 0 N–H and O–H groups in total. The fourth-order valence-electron chi connectivity index (χ4n) is 5.03. The molecule has 0 aliphatic rings. The smallest absolute Gasteiger partial charge is 0.0775 e. The normalized spacial score (nSPS) is 10.8. The molecular formula is C38H38S2. The summed E-state index contributed by atoms with van der Waals surface area (Å²) < 4.78 is 0. The third-order valence-corrected chi connectivity index (χ3v) is 9.45. The van der Waals surface area contributed by atoms with Gasteiger partial charge in [-0.05, 0) is 108 Å². The van der Waals surface area contributed by atoms with E-state index < -0.39 is 0 Å². The minimum Gasteiger partial charge on any atom is -0.132 e. The van der Waals surface area contributed by atoms with Crippen LogP contribution in [0.3, 0.4) is 0 Å². The van der Waals surface area contributed by atoms with Gasteiger partial charge in [0.1, 0.15) is 0 Å². The second kappa shape index (κ2) is 14.4. The fraction of sp³-hybridized carbons (Fsp3) is 0.316. The summed E-state index contributed by atoms with van der Waals surface area (Å²) in [5, 5.41) is 4.93. The van der Waals surface area contributed by atoms with E-state index in [0.717, 1.165) is 20.9 Å². The lowest BCUT2D eigenvalue weighted by Gasteiger charge is -2.04. The molecule has 3 aromatic carbocycles. The summed E-state index contributed by atoms with van der Waals surface area (Å²) in [6.07, 6.45) is 12.8. The highest BCUT2D eigenvalue weighted by Crippen LogP contribution is 2.25. The van der Waals surface area contributed by atoms with Gasteiger partial charge in [-0.3, -0.25) is 0 Å². The van der Waals surface area contributed by atoms with E-state index >= 15 is 0 Å². The molecule has 0 atom stereocenters. The highest BCUT2D eigenvalue weighted by atomic mass is 32.1. The van der Waals surface area contributed by atoms with Crippen LogP contribution >= 0.6 is 22.7 Å². The number of hydrogen-bond acceptors (Lipinski definition) is 2. The molecular weight excluding hydrogens is 521 g/mol. The van der Waals surface area contributed by atoms with Gasteiger partial charge in [0.2, 0.25) is 0 Å². The fourth-order valence-corrected chi connectivity index (χ4v) is 6.84. The van der Waals surface area contributed by atoms with E-state index in [-0.39, 0.29) is 0 Å². The molecule has 2 aromatic heterocycles. The van der Waals surface area contributed by atoms with Gasteiger partial charge in [-0.25, -0.2) is 0 Å². The first-order chi connectivity index (χ1) is 19.7. The van der Waals surface area contributed by atoms with Crippen molar-refractivity contribution < 1.29 is 0 Å². The Morgan fingerprint density at radius 1 is 0.450 bits per heavy atom. The lowest BCUT2D eigenvalue weighted by atomic mass is 10.0. The highest BCUT2D eigenvalue weighted by molar-refractivity contribution is 7.12. The van der Waals surface area contributed by atoms with E-state index in [1.165, 1.54) is 95.5 Å². The Hall–Kier alpha value is -3.30. The van der Waals surface area contributed by atoms with Gasteiger partial charge in [0, 0.05) is 20.9 Å². The number of hydrogen-bond donors (Lipinski definition) is 0. The quantitative estimate of drug-likeness (QED) is 0.0908. The lowest BCUT2D eigenvalue weighted by Crippen LogP contribution is -1.81. The Kier molecular flexibility index (Phi) is 10.1. The largest absolute Gasteiger partial charge is 0.132 e. The zero-order chi connectivity index (χ0) is 27.6. The van der Waals surface area contributed by atoms with E-state index in [9.17, 15) is 0 Å². The van der Waals surface area contributed by atoms with Gasteiger partial charge in [-0.1, -0.05) is 88.2 Å². The lowest BCUT2D eigenvalue weighted by molar-refractivity contribution is 0.670. The molecule has 202 valence electrons. The molecule has 0 saturated carbocycles. The maximum atomic E-state index is 3.39. The van der Waals surface area contributed by atoms with Crippen molar-refractivity contribution in [2.75, 3.05) is 0 Å². The van der Waals surface area contributed by atoms with Crippen LogP contribution in [0.4, 0.5) is 0 Å². The van der Waals surface area contributed by atoms with Crippen LogP contribution in [0.15, 0.2) is 72.8 Å². The van der Waals surface area contributed by atoms with Gasteiger partial charge in [0.05, 0.1) is 9.75 Å². The Bertz CT molecular complexity index is 1560. The molecule has 2 heteroatoms. The second-order valence-electron chi connectivity index (χ2n) is 10.6. The van der Waals surface area contributed by atoms with Crippen molar-refractivity contribution in [1.29, 1.82) is 0 Å². The Balaban J connectivity index is 1.26. The van der Waals surface area contributed by atoms with E-state index in [0.29, 0.717) is 0 Å². The van der Waals surface area contributed by atoms with Crippen LogP contribution in [0, 0.1) is 23.7 Å². The standard InChI is InChI=1S/C38H38S2/c1-3-5-7-9-11-35-21-23-37(39-35)19-15-29-13-17-31-28-34-26-30(14-18-32(34)27-33(31)25-29)16-20-38-24-22-36(40-38)12-10-8-6-4-2/h13-14,17-18,21-28H,3-12H2,1-2H3. The first-order valence-corrected chi connectivity index (χ1v) is 16.5. The Morgan fingerprint density at radius 2 is 0.925 bits per heavy atom. The number of rotatable bonds is 10. The van der Waals surface area contributed by atoms with Crippen LogP contribution in [0.2, 0.25) is 0 Å². The highest BCUT2D eigenvalue weighted by Gasteiger charge is 2.03. The number of thiophene rings is 2. The third kappa shape index (κ3) is 7.88. The van der Waals surface area contributed by atoms with Gasteiger partial charge in [0.15, 0.2) is 0 Å². The zero-order valence-electron chi connectivity index (χ0n) is 23.8. The number of aryl methyl sites for hydroxylation is 2. The average Bonchev–Trinajstić information content (AvgIpc) is 3.63. The molecule has 5 aromatic rings. The predicted octanol–water partition coefficient (Wildman–Crippen LogP) is 11.2. The van der Waals surface area contributed by atoms with Crippen molar-refractivity contribution in [1.82, 2.24) is 0 Å². The number of fused-ring (bicyclic) bond motifs is 2. The maximum Gasteiger partial charge on any atom is 0.0775 e. The maximum absolute atomic E-state index is 3.39. The van der Waals surface area contributed by atoms with Crippen molar-refractivity contribution >= 4 is 44.2 Å². The predicted molar refractivity (Wildman–Crippen MR) is 178 cm³/mol. The van der Waals surface area contributed by atoms with E-state index in [1.54, 1.807) is 0 Å². The van der Waals surface area contributed by atoms with Crippen molar-refractivity contribution in [3.63, 3.8) is 0 Å². The van der Waals surface area contributed by atoms with Crippen LogP contribution in [0.1, 0.15) is 95.8 Å². The van der Waals surface area contributed by atoms with Crippen molar-refractivity contribution in [2.45, 2.75) is 78.1 Å². The van der Waals surface area contributed by atoms with Gasteiger partial charge in [0.25, 0.3) is 0 Å². The topological polar surface area (TPSA) is 0 Å². The molecule has 0 aliphatic carbocycles. The third-order valence-electron chi connectivity index (χ3n) is 7.33. The first-order valence-electron chi connectivity index (χ1n) is 14.9. The van der Waals surface area contributed by atoms with Crippen molar-refractivity contribution in [3.05, 3.63) is 103 Å². The average molecular weight is 559 g/mol. The summed E-state index contributed by atoms with van der Waals surface area (Å²) in [4.78, 5) is 5.21.